The molecule has 0 aromatic rings. The Morgan fingerprint density at radius 2 is 1.78 bits per heavy atom. The number of nitrogens with two attached hydrogens (primary N) is 2. The number of primary amides is 1. The fourth-order valence-electron chi connectivity index (χ4n) is 3.45. The Hall–Kier alpha value is -2.34. The normalized spacial score (nSPS) is 19.5. The molecule has 0 aromatic carbocycles. The van der Waals surface area contributed by atoms with Crippen LogP contribution in [0.1, 0.15) is 46.0 Å². The zero-order chi connectivity index (χ0) is 24.4. The average molecular weight is 474 g/mol. The number of nitrogens with zero attached hydrogens (tertiary/aromatic N) is 1. The Labute approximate surface area is 192 Å². The molecule has 1 aliphatic rings. The zero-order valence-electron chi connectivity index (χ0n) is 18.8. The number of carboxylic acid groups (broad SMARTS) is 1. The van der Waals surface area contributed by atoms with E-state index in [1.165, 1.54) is 11.8 Å². The molecule has 4 amide bonds. The Kier molecular flexibility index (Phi) is 11.5. The number of carbonyl (C=O) groups excluding carboxylic acids is 4. The molecule has 1 saturated heterocycles. The van der Waals surface area contributed by atoms with Gasteiger partial charge in [-0.1, -0.05) is 20.3 Å². The maximum atomic E-state index is 13.0. The number of nitrogens with one attached hydrogen (secondary N) is 2. The number of aliphatic carboxylic acids is 1. The molecule has 11 nitrogen and oxygen atoms in total. The van der Waals surface area contributed by atoms with E-state index in [0.717, 1.165) is 4.90 Å². The summed E-state index contributed by atoms with van der Waals surface area (Å²) < 4.78 is 0. The van der Waals surface area contributed by atoms with Crippen molar-refractivity contribution in [1.82, 2.24) is 15.5 Å². The van der Waals surface area contributed by atoms with Gasteiger partial charge >= 0.3 is 5.97 Å². The summed E-state index contributed by atoms with van der Waals surface area (Å²) in [5.41, 5.74) is 11.2. The molecular formula is C20H35N5O6S. The molecule has 0 saturated carbocycles. The molecule has 7 N–H and O–H groups in total. The van der Waals surface area contributed by atoms with Crippen LogP contribution >= 0.6 is 11.8 Å². The van der Waals surface area contributed by atoms with Gasteiger partial charge < -0.3 is 32.1 Å². The van der Waals surface area contributed by atoms with E-state index in [0.29, 0.717) is 18.6 Å². The molecule has 1 heterocycles. The highest BCUT2D eigenvalue weighted by Gasteiger charge is 2.39. The van der Waals surface area contributed by atoms with Crippen LogP contribution < -0.4 is 22.1 Å². The number of carbonyl (C=O) groups is 5. The van der Waals surface area contributed by atoms with Gasteiger partial charge in [0.15, 0.2) is 0 Å². The third kappa shape index (κ3) is 7.97. The lowest BCUT2D eigenvalue weighted by molar-refractivity contribution is -0.149. The highest BCUT2D eigenvalue weighted by atomic mass is 32.2. The van der Waals surface area contributed by atoms with E-state index in [4.69, 9.17) is 11.5 Å². The lowest BCUT2D eigenvalue weighted by Gasteiger charge is -2.28. The molecule has 5 unspecified atom stereocenters. The summed E-state index contributed by atoms with van der Waals surface area (Å²) in [6.07, 6.45) is 3.12. The number of likely N-dealkylation sites (tertiary alicyclic amines) is 1. The maximum Gasteiger partial charge on any atom is 0.326 e. The summed E-state index contributed by atoms with van der Waals surface area (Å²) in [4.78, 5) is 62.5. The van der Waals surface area contributed by atoms with Gasteiger partial charge in [0.05, 0.1) is 12.5 Å². The van der Waals surface area contributed by atoms with Crippen molar-refractivity contribution in [3.8, 4) is 0 Å². The Morgan fingerprint density at radius 1 is 1.16 bits per heavy atom. The standard InChI is InChI=1S/C20H35N5O6S/c1-4-11(2)16(22)18(28)23-12(7-9-32-3)17(27)24-13(10-15(21)26)19(29)25-8-5-6-14(25)20(30)31/h11-14,16H,4-10,22H2,1-3H3,(H2,21,26)(H,23,28)(H,24,27)(H,30,31). The summed E-state index contributed by atoms with van der Waals surface area (Å²) in [6.45, 7) is 3.94. The molecule has 12 heteroatoms. The van der Waals surface area contributed by atoms with Crippen molar-refractivity contribution in [1.29, 1.82) is 0 Å². The smallest absolute Gasteiger partial charge is 0.326 e. The maximum absolute atomic E-state index is 13.0. The van der Waals surface area contributed by atoms with Crippen molar-refractivity contribution in [3.63, 3.8) is 0 Å². The minimum atomic E-state index is -1.32. The van der Waals surface area contributed by atoms with E-state index in [2.05, 4.69) is 10.6 Å². The van der Waals surface area contributed by atoms with Gasteiger partial charge in [-0.15, -0.1) is 0 Å². The van der Waals surface area contributed by atoms with Crippen LogP contribution in [-0.2, 0) is 24.0 Å². The number of rotatable bonds is 13. The largest absolute Gasteiger partial charge is 0.480 e. The molecule has 1 rings (SSSR count). The first kappa shape index (κ1) is 27.7. The number of hydrogen-bond donors (Lipinski definition) is 5. The molecule has 182 valence electrons. The first-order valence-electron chi connectivity index (χ1n) is 10.7. The van der Waals surface area contributed by atoms with E-state index in [1.54, 1.807) is 0 Å². The van der Waals surface area contributed by atoms with Crippen molar-refractivity contribution < 1.29 is 29.1 Å². The van der Waals surface area contributed by atoms with E-state index in [-0.39, 0.29) is 25.3 Å². The van der Waals surface area contributed by atoms with Crippen molar-refractivity contribution in [2.45, 2.75) is 70.1 Å². The number of carboxylic acids is 1. The quantitative estimate of drug-likeness (QED) is 0.226. The van der Waals surface area contributed by atoms with Gasteiger partial charge in [0.25, 0.3) is 0 Å². The second kappa shape index (κ2) is 13.3. The minimum absolute atomic E-state index is 0.0911. The molecule has 5 atom stereocenters. The third-order valence-corrected chi connectivity index (χ3v) is 6.29. The van der Waals surface area contributed by atoms with Crippen molar-refractivity contribution in [2.24, 2.45) is 17.4 Å². The number of amides is 4. The van der Waals surface area contributed by atoms with Crippen LogP contribution in [0.3, 0.4) is 0 Å². The van der Waals surface area contributed by atoms with Gasteiger partial charge in [0.2, 0.25) is 23.6 Å². The molecule has 1 aliphatic heterocycles. The van der Waals surface area contributed by atoms with Crippen LogP contribution in [0.25, 0.3) is 0 Å². The van der Waals surface area contributed by atoms with Crippen LogP contribution in [0.15, 0.2) is 0 Å². The Balaban J connectivity index is 2.99. The van der Waals surface area contributed by atoms with E-state index >= 15 is 0 Å². The zero-order valence-corrected chi connectivity index (χ0v) is 19.7. The molecule has 0 aliphatic carbocycles. The highest BCUT2D eigenvalue weighted by molar-refractivity contribution is 7.98. The second-order valence-electron chi connectivity index (χ2n) is 8.01. The van der Waals surface area contributed by atoms with Crippen LogP contribution in [0.2, 0.25) is 0 Å². The van der Waals surface area contributed by atoms with Gasteiger partial charge in [-0.05, 0) is 37.2 Å². The second-order valence-corrected chi connectivity index (χ2v) is 9.00. The molecule has 32 heavy (non-hydrogen) atoms. The summed E-state index contributed by atoms with van der Waals surface area (Å²) in [6, 6.07) is -4.11. The van der Waals surface area contributed by atoms with Gasteiger partial charge in [-0.3, -0.25) is 19.2 Å². The van der Waals surface area contributed by atoms with Crippen LogP contribution in [-0.4, -0.2) is 82.3 Å². The summed E-state index contributed by atoms with van der Waals surface area (Å²) >= 11 is 1.48. The monoisotopic (exact) mass is 473 g/mol. The summed E-state index contributed by atoms with van der Waals surface area (Å²) in [7, 11) is 0. The predicted octanol–water partition coefficient (Wildman–Crippen LogP) is -0.966. The van der Waals surface area contributed by atoms with Gasteiger partial charge in [-0.2, -0.15) is 11.8 Å². The van der Waals surface area contributed by atoms with Crippen LogP contribution in [0, 0.1) is 5.92 Å². The van der Waals surface area contributed by atoms with Crippen molar-refractivity contribution in [2.75, 3.05) is 18.6 Å². The first-order chi connectivity index (χ1) is 15.0. The van der Waals surface area contributed by atoms with Crippen LogP contribution in [0.5, 0.6) is 0 Å². The first-order valence-corrected chi connectivity index (χ1v) is 12.1. The fraction of sp³-hybridized carbons (Fsp3) is 0.750. The molecular weight excluding hydrogens is 438 g/mol. The summed E-state index contributed by atoms with van der Waals surface area (Å²) in [5.74, 6) is -3.33. The van der Waals surface area contributed by atoms with Gasteiger partial charge in [0.1, 0.15) is 18.1 Å². The third-order valence-electron chi connectivity index (χ3n) is 5.64. The Bertz CT molecular complexity index is 706. The average Bonchev–Trinajstić information content (AvgIpc) is 3.24. The molecule has 0 spiro atoms. The van der Waals surface area contributed by atoms with E-state index in [9.17, 15) is 29.1 Å². The Morgan fingerprint density at radius 3 is 2.31 bits per heavy atom. The van der Waals surface area contributed by atoms with Crippen molar-refractivity contribution in [3.05, 3.63) is 0 Å². The van der Waals surface area contributed by atoms with Crippen molar-refractivity contribution >= 4 is 41.4 Å². The molecule has 0 aromatic heterocycles. The SMILES string of the molecule is CCC(C)C(N)C(=O)NC(CCSC)C(=O)NC(CC(N)=O)C(=O)N1CCCC1C(=O)O. The summed E-state index contributed by atoms with van der Waals surface area (Å²) in [5, 5.41) is 14.5. The fourth-order valence-corrected chi connectivity index (χ4v) is 3.92. The minimum Gasteiger partial charge on any atom is -0.480 e. The molecule has 0 bridgehead atoms. The van der Waals surface area contributed by atoms with Crippen LogP contribution in [0.4, 0.5) is 0 Å². The lowest BCUT2D eigenvalue weighted by Crippen LogP contribution is -2.58. The van der Waals surface area contributed by atoms with Gasteiger partial charge in [-0.25, -0.2) is 4.79 Å². The predicted molar refractivity (Wildman–Crippen MR) is 120 cm³/mol. The van der Waals surface area contributed by atoms with E-state index in [1.807, 2.05) is 20.1 Å². The topological polar surface area (TPSA) is 185 Å². The highest BCUT2D eigenvalue weighted by Crippen LogP contribution is 2.19. The molecule has 1 fully saturated rings. The number of thioether (sulfide) groups is 1. The lowest BCUT2D eigenvalue weighted by atomic mass is 9.99. The van der Waals surface area contributed by atoms with E-state index < -0.39 is 60.2 Å². The van der Waals surface area contributed by atoms with Gasteiger partial charge in [0, 0.05) is 6.54 Å². The molecule has 0 radical (unpaired) electrons. The number of hydrogen-bond acceptors (Lipinski definition) is 7.